The van der Waals surface area contributed by atoms with Crippen molar-refractivity contribution < 1.29 is 19.1 Å². The van der Waals surface area contributed by atoms with E-state index in [0.717, 1.165) is 25.7 Å². The predicted molar refractivity (Wildman–Crippen MR) is 83.9 cm³/mol. The van der Waals surface area contributed by atoms with Crippen molar-refractivity contribution in [2.75, 3.05) is 13.2 Å². The van der Waals surface area contributed by atoms with Crippen molar-refractivity contribution in [2.45, 2.75) is 58.3 Å². The van der Waals surface area contributed by atoms with Crippen LogP contribution in [0.5, 0.6) is 0 Å². The van der Waals surface area contributed by atoms with E-state index < -0.39 is 5.97 Å². The zero-order valence-corrected chi connectivity index (χ0v) is 13.2. The maximum absolute atomic E-state index is 11.4. The fourth-order valence-electron chi connectivity index (χ4n) is 1.75. The average Bonchev–Trinajstić information content (AvgIpc) is 2.46. The van der Waals surface area contributed by atoms with Gasteiger partial charge in [-0.2, -0.15) is 0 Å². The van der Waals surface area contributed by atoms with Crippen LogP contribution in [0, 0.1) is 0 Å². The van der Waals surface area contributed by atoms with Crippen LogP contribution in [0.15, 0.2) is 24.8 Å². The van der Waals surface area contributed by atoms with Gasteiger partial charge in [0.05, 0.1) is 0 Å². The van der Waals surface area contributed by atoms with Crippen LogP contribution in [-0.4, -0.2) is 25.2 Å². The molecule has 0 aromatic heterocycles. The van der Waals surface area contributed by atoms with E-state index in [0.29, 0.717) is 12.0 Å². The summed E-state index contributed by atoms with van der Waals surface area (Å²) in [6.07, 6.45) is 10.2. The topological polar surface area (TPSA) is 52.6 Å². The molecule has 0 aromatic carbocycles. The Kier molecular flexibility index (Phi) is 12.4. The fraction of sp³-hybridized carbons (Fsp3) is 0.647. The Morgan fingerprint density at radius 1 is 0.952 bits per heavy atom. The largest absolute Gasteiger partial charge is 0.462 e. The Morgan fingerprint density at radius 2 is 1.52 bits per heavy atom. The van der Waals surface area contributed by atoms with E-state index >= 15 is 0 Å². The van der Waals surface area contributed by atoms with Crippen LogP contribution in [0.3, 0.4) is 0 Å². The molecule has 0 saturated heterocycles. The first-order chi connectivity index (χ1) is 10.1. The number of ether oxygens (including phenoxy) is 2. The van der Waals surface area contributed by atoms with Gasteiger partial charge in [0, 0.05) is 12.0 Å². The Hall–Kier alpha value is -1.58. The summed E-state index contributed by atoms with van der Waals surface area (Å²) in [6.45, 7) is 8.93. The van der Waals surface area contributed by atoms with E-state index in [-0.39, 0.29) is 19.2 Å². The van der Waals surface area contributed by atoms with Crippen molar-refractivity contribution in [1.82, 2.24) is 0 Å². The van der Waals surface area contributed by atoms with Gasteiger partial charge in [0.2, 0.25) is 0 Å². The van der Waals surface area contributed by atoms with E-state index in [4.69, 9.17) is 9.47 Å². The molecule has 0 heterocycles. The second-order valence-electron chi connectivity index (χ2n) is 5.09. The van der Waals surface area contributed by atoms with Crippen molar-refractivity contribution in [3.8, 4) is 0 Å². The lowest BCUT2D eigenvalue weighted by Gasteiger charge is -2.06. The Balaban J connectivity index is 3.33. The lowest BCUT2D eigenvalue weighted by Crippen LogP contribution is -2.14. The van der Waals surface area contributed by atoms with E-state index in [1.165, 1.54) is 19.3 Å². The summed E-state index contributed by atoms with van der Waals surface area (Å²) in [5.74, 6) is -0.685. The van der Waals surface area contributed by atoms with E-state index in [2.05, 4.69) is 13.2 Å². The molecule has 0 amide bonds. The number of unbranched alkanes of at least 4 members (excludes halogenated alkanes) is 6. The van der Waals surface area contributed by atoms with Gasteiger partial charge in [-0.25, -0.2) is 4.79 Å². The summed E-state index contributed by atoms with van der Waals surface area (Å²) in [5, 5.41) is 0. The highest BCUT2D eigenvalue weighted by Crippen LogP contribution is 2.09. The average molecular weight is 296 g/mol. The van der Waals surface area contributed by atoms with Gasteiger partial charge in [0.25, 0.3) is 0 Å². The van der Waals surface area contributed by atoms with Gasteiger partial charge in [0.15, 0.2) is 0 Å². The van der Waals surface area contributed by atoms with Crippen molar-refractivity contribution in [3.05, 3.63) is 24.8 Å². The highest BCUT2D eigenvalue weighted by Gasteiger charge is 2.05. The molecule has 0 spiro atoms. The van der Waals surface area contributed by atoms with Crippen molar-refractivity contribution in [1.29, 1.82) is 0 Å². The van der Waals surface area contributed by atoms with E-state index in [1.54, 1.807) is 6.92 Å². The van der Waals surface area contributed by atoms with Crippen LogP contribution in [0.1, 0.15) is 58.3 Å². The molecule has 0 saturated carbocycles. The predicted octanol–water partition coefficient (Wildman–Crippen LogP) is 3.96. The van der Waals surface area contributed by atoms with Gasteiger partial charge in [-0.1, -0.05) is 38.3 Å². The van der Waals surface area contributed by atoms with Crippen LogP contribution in [-0.2, 0) is 19.1 Å². The molecule has 0 radical (unpaired) electrons. The second-order valence-corrected chi connectivity index (χ2v) is 5.09. The van der Waals surface area contributed by atoms with Gasteiger partial charge >= 0.3 is 11.9 Å². The van der Waals surface area contributed by atoms with Gasteiger partial charge < -0.3 is 9.47 Å². The molecule has 0 bridgehead atoms. The minimum Gasteiger partial charge on any atom is -0.462 e. The normalized spacial score (nSPS) is 9.95. The molecule has 0 aliphatic rings. The quantitative estimate of drug-likeness (QED) is 0.223. The molecule has 4 heteroatoms. The van der Waals surface area contributed by atoms with Crippen LogP contribution in [0.2, 0.25) is 0 Å². The molecule has 21 heavy (non-hydrogen) atoms. The van der Waals surface area contributed by atoms with E-state index in [9.17, 15) is 9.59 Å². The smallest absolute Gasteiger partial charge is 0.333 e. The maximum atomic E-state index is 11.4. The van der Waals surface area contributed by atoms with Crippen LogP contribution < -0.4 is 0 Å². The number of carbonyl (C=O) groups is 2. The summed E-state index contributed by atoms with van der Waals surface area (Å²) < 4.78 is 9.80. The standard InChI is InChI=1S/C17H28O4/c1-4-5-6-7-8-9-10-11-12-16(18)20-13-14-21-17(19)15(2)3/h4H,1-2,5-14H2,3H3. The molecule has 0 fully saturated rings. The molecule has 120 valence electrons. The van der Waals surface area contributed by atoms with Crippen molar-refractivity contribution in [2.24, 2.45) is 0 Å². The lowest BCUT2D eigenvalue weighted by atomic mass is 10.1. The Morgan fingerprint density at radius 3 is 2.14 bits per heavy atom. The molecule has 0 aromatic rings. The van der Waals surface area contributed by atoms with Crippen LogP contribution >= 0.6 is 0 Å². The molecule has 0 aliphatic heterocycles. The molecular formula is C17H28O4. The Bertz CT molecular complexity index is 334. The number of rotatable bonds is 13. The first kappa shape index (κ1) is 19.4. The summed E-state index contributed by atoms with van der Waals surface area (Å²) >= 11 is 0. The minimum atomic E-state index is -0.456. The van der Waals surface area contributed by atoms with Crippen LogP contribution in [0.25, 0.3) is 0 Å². The van der Waals surface area contributed by atoms with E-state index in [1.807, 2.05) is 6.08 Å². The second kappa shape index (κ2) is 13.4. The highest BCUT2D eigenvalue weighted by molar-refractivity contribution is 5.86. The van der Waals surface area contributed by atoms with Crippen molar-refractivity contribution >= 4 is 11.9 Å². The van der Waals surface area contributed by atoms with Crippen molar-refractivity contribution in [3.63, 3.8) is 0 Å². The molecule has 0 atom stereocenters. The third-order valence-electron chi connectivity index (χ3n) is 2.97. The lowest BCUT2D eigenvalue weighted by molar-refractivity contribution is -0.150. The summed E-state index contributed by atoms with van der Waals surface area (Å²) in [7, 11) is 0. The summed E-state index contributed by atoms with van der Waals surface area (Å²) in [6, 6.07) is 0. The minimum absolute atomic E-state index is 0.0841. The third-order valence-corrected chi connectivity index (χ3v) is 2.97. The number of hydrogen-bond acceptors (Lipinski definition) is 4. The SMILES string of the molecule is C=CCCCCCCCCC(=O)OCCOC(=O)C(=C)C. The first-order valence-electron chi connectivity index (χ1n) is 7.67. The van der Waals surface area contributed by atoms with Crippen LogP contribution in [0.4, 0.5) is 0 Å². The molecule has 0 unspecified atom stereocenters. The molecule has 0 rings (SSSR count). The zero-order valence-electron chi connectivity index (χ0n) is 13.2. The number of hydrogen-bond donors (Lipinski definition) is 0. The maximum Gasteiger partial charge on any atom is 0.333 e. The first-order valence-corrected chi connectivity index (χ1v) is 7.67. The number of carbonyl (C=O) groups excluding carboxylic acids is 2. The molecule has 4 nitrogen and oxygen atoms in total. The van der Waals surface area contributed by atoms with Gasteiger partial charge in [0.1, 0.15) is 13.2 Å². The third kappa shape index (κ3) is 13.2. The number of allylic oxidation sites excluding steroid dienone is 1. The van der Waals surface area contributed by atoms with Gasteiger partial charge in [-0.05, 0) is 26.2 Å². The number of esters is 2. The fourth-order valence-corrected chi connectivity index (χ4v) is 1.75. The Labute approximate surface area is 128 Å². The molecule has 0 N–H and O–H groups in total. The summed E-state index contributed by atoms with van der Waals surface area (Å²) in [4.78, 5) is 22.5. The van der Waals surface area contributed by atoms with Gasteiger partial charge in [-0.15, -0.1) is 6.58 Å². The summed E-state index contributed by atoms with van der Waals surface area (Å²) in [5.41, 5.74) is 0.342. The monoisotopic (exact) mass is 296 g/mol. The molecular weight excluding hydrogens is 268 g/mol. The zero-order chi connectivity index (χ0) is 15.9. The van der Waals surface area contributed by atoms with Gasteiger partial charge in [-0.3, -0.25) is 4.79 Å². The highest BCUT2D eigenvalue weighted by atomic mass is 16.6. The molecule has 0 aliphatic carbocycles.